The molecule has 2 nitrogen and oxygen atoms in total. The number of amides is 1. The molecule has 0 heterocycles. The Hall–Kier alpha value is -2.40. The number of benzene rings is 3. The second kappa shape index (κ2) is 10.3. The van der Waals surface area contributed by atoms with Crippen LogP contribution < -0.4 is 5.32 Å². The van der Waals surface area contributed by atoms with E-state index >= 15 is 0 Å². The Morgan fingerprint density at radius 3 is 2.30 bits per heavy atom. The number of allylic oxidation sites excluding steroid dienone is 2. The first-order valence-corrected chi connectivity index (χ1v) is 11.6. The van der Waals surface area contributed by atoms with Crippen molar-refractivity contribution in [3.63, 3.8) is 0 Å². The molecule has 0 bridgehead atoms. The Labute approximate surface area is 206 Å². The third kappa shape index (κ3) is 5.57. The van der Waals surface area contributed by atoms with Crippen molar-refractivity contribution in [1.29, 1.82) is 0 Å². The molecule has 0 saturated heterocycles. The minimum absolute atomic E-state index is 0.122. The molecule has 0 spiro atoms. The highest BCUT2D eigenvalue weighted by atomic mass is 35.5. The van der Waals surface area contributed by atoms with Gasteiger partial charge in [0.15, 0.2) is 11.6 Å². The first-order chi connectivity index (χ1) is 15.8. The van der Waals surface area contributed by atoms with Crippen LogP contribution in [0.25, 0.3) is 11.1 Å². The summed E-state index contributed by atoms with van der Waals surface area (Å²) in [6, 6.07) is 16.6. The molecule has 1 amide bonds. The van der Waals surface area contributed by atoms with Crippen molar-refractivity contribution in [3.8, 4) is 0 Å². The fraction of sp³-hybridized carbons (Fsp3) is 0.192. The molecular weight excluding hydrogens is 487 g/mol. The maximum absolute atomic E-state index is 13.5. The Bertz CT molecular complexity index is 1220. The zero-order valence-electron chi connectivity index (χ0n) is 17.5. The molecule has 1 unspecified atom stereocenters. The standard InChI is InChI=1S/C26H20Cl3F2NO/c27-18-5-2-16(3-6-18)20-8-4-17(12-22(20)21-9-7-19(28)13-23(21)29)26(33)32-14-15-1-10-24(30)25(31)11-15/h1-3,5-7,9-11,13,17H,4,8,12,14H2,(H,32,33). The van der Waals surface area contributed by atoms with E-state index in [2.05, 4.69) is 5.32 Å². The van der Waals surface area contributed by atoms with Crippen molar-refractivity contribution in [2.75, 3.05) is 0 Å². The van der Waals surface area contributed by atoms with Crippen molar-refractivity contribution in [1.82, 2.24) is 5.32 Å². The molecular formula is C26H20Cl3F2NO. The van der Waals surface area contributed by atoms with Gasteiger partial charge in [-0.05, 0) is 83.5 Å². The van der Waals surface area contributed by atoms with Crippen LogP contribution in [-0.4, -0.2) is 5.91 Å². The van der Waals surface area contributed by atoms with Gasteiger partial charge < -0.3 is 5.32 Å². The summed E-state index contributed by atoms with van der Waals surface area (Å²) in [4.78, 5) is 13.0. The summed E-state index contributed by atoms with van der Waals surface area (Å²) in [5.41, 5.74) is 4.46. The van der Waals surface area contributed by atoms with E-state index in [0.29, 0.717) is 39.9 Å². The SMILES string of the molecule is O=C(NCc1ccc(F)c(F)c1)C1CCC(c2ccc(Cl)cc2)=C(c2ccc(Cl)cc2Cl)C1. The van der Waals surface area contributed by atoms with E-state index < -0.39 is 11.6 Å². The first-order valence-electron chi connectivity index (χ1n) is 10.5. The molecule has 0 saturated carbocycles. The molecule has 0 fully saturated rings. The average molecular weight is 507 g/mol. The molecule has 0 aromatic heterocycles. The van der Waals surface area contributed by atoms with Crippen molar-refractivity contribution in [2.45, 2.75) is 25.8 Å². The van der Waals surface area contributed by atoms with Gasteiger partial charge in [-0.3, -0.25) is 4.79 Å². The predicted molar refractivity (Wildman–Crippen MR) is 130 cm³/mol. The van der Waals surface area contributed by atoms with Gasteiger partial charge in [0.05, 0.1) is 0 Å². The highest BCUT2D eigenvalue weighted by Gasteiger charge is 2.28. The van der Waals surface area contributed by atoms with E-state index in [9.17, 15) is 13.6 Å². The number of nitrogens with one attached hydrogen (secondary N) is 1. The lowest BCUT2D eigenvalue weighted by Gasteiger charge is -2.28. The highest BCUT2D eigenvalue weighted by Crippen LogP contribution is 2.43. The van der Waals surface area contributed by atoms with Crippen LogP contribution in [0.15, 0.2) is 60.7 Å². The van der Waals surface area contributed by atoms with Crippen LogP contribution in [0.4, 0.5) is 8.78 Å². The number of halogens is 5. The molecule has 1 N–H and O–H groups in total. The lowest BCUT2D eigenvalue weighted by Crippen LogP contribution is -2.32. The number of carbonyl (C=O) groups is 1. The summed E-state index contributed by atoms with van der Waals surface area (Å²) in [5, 5.41) is 4.56. The maximum Gasteiger partial charge on any atom is 0.223 e. The highest BCUT2D eigenvalue weighted by molar-refractivity contribution is 6.36. The normalized spacial score (nSPS) is 16.1. The summed E-state index contributed by atoms with van der Waals surface area (Å²) in [7, 11) is 0. The van der Waals surface area contributed by atoms with E-state index in [0.717, 1.165) is 34.4 Å². The van der Waals surface area contributed by atoms with Crippen LogP contribution in [-0.2, 0) is 11.3 Å². The second-order valence-corrected chi connectivity index (χ2v) is 9.27. The van der Waals surface area contributed by atoms with E-state index in [1.54, 1.807) is 12.1 Å². The van der Waals surface area contributed by atoms with Crippen molar-refractivity contribution in [2.24, 2.45) is 5.92 Å². The van der Waals surface area contributed by atoms with Gasteiger partial charge in [-0.2, -0.15) is 0 Å². The molecule has 1 atom stereocenters. The minimum Gasteiger partial charge on any atom is -0.352 e. The summed E-state index contributed by atoms with van der Waals surface area (Å²) in [5.74, 6) is -2.28. The van der Waals surface area contributed by atoms with E-state index in [1.807, 2.05) is 30.3 Å². The quantitative estimate of drug-likeness (QED) is 0.374. The fourth-order valence-corrected chi connectivity index (χ4v) is 4.77. The number of rotatable bonds is 5. The average Bonchev–Trinajstić information content (AvgIpc) is 2.80. The van der Waals surface area contributed by atoms with Gasteiger partial charge in [0.25, 0.3) is 0 Å². The van der Waals surface area contributed by atoms with Crippen molar-refractivity contribution >= 4 is 51.9 Å². The predicted octanol–water partition coefficient (Wildman–Crippen LogP) is 7.95. The summed E-state index contributed by atoms with van der Waals surface area (Å²) in [6.07, 6.45) is 1.82. The molecule has 33 heavy (non-hydrogen) atoms. The zero-order chi connectivity index (χ0) is 23.5. The van der Waals surface area contributed by atoms with Crippen LogP contribution in [0.3, 0.4) is 0 Å². The van der Waals surface area contributed by atoms with Crippen LogP contribution in [0.1, 0.15) is 36.0 Å². The third-order valence-corrected chi connectivity index (χ3v) is 6.63. The van der Waals surface area contributed by atoms with E-state index in [-0.39, 0.29) is 18.4 Å². The van der Waals surface area contributed by atoms with Gasteiger partial charge in [-0.1, -0.05) is 59.1 Å². The molecule has 0 radical (unpaired) electrons. The molecule has 3 aromatic carbocycles. The summed E-state index contributed by atoms with van der Waals surface area (Å²) >= 11 is 18.7. The zero-order valence-corrected chi connectivity index (χ0v) is 19.7. The first kappa shape index (κ1) is 23.7. The van der Waals surface area contributed by atoms with E-state index in [4.69, 9.17) is 34.8 Å². The summed E-state index contributed by atoms with van der Waals surface area (Å²) < 4.78 is 26.6. The number of hydrogen-bond acceptors (Lipinski definition) is 1. The molecule has 170 valence electrons. The Balaban J connectivity index is 1.60. The van der Waals surface area contributed by atoms with Crippen LogP contribution in [0, 0.1) is 17.6 Å². The largest absolute Gasteiger partial charge is 0.352 e. The monoisotopic (exact) mass is 505 g/mol. The topological polar surface area (TPSA) is 29.1 Å². The molecule has 1 aliphatic carbocycles. The van der Waals surface area contributed by atoms with Gasteiger partial charge in [0, 0.05) is 27.5 Å². The lowest BCUT2D eigenvalue weighted by molar-refractivity contribution is -0.125. The minimum atomic E-state index is -0.936. The molecule has 3 aromatic rings. The Morgan fingerprint density at radius 1 is 0.879 bits per heavy atom. The number of hydrogen-bond donors (Lipinski definition) is 1. The van der Waals surface area contributed by atoms with Gasteiger partial charge in [0.1, 0.15) is 0 Å². The molecule has 4 rings (SSSR count). The van der Waals surface area contributed by atoms with Crippen LogP contribution in [0.2, 0.25) is 15.1 Å². The second-order valence-electron chi connectivity index (χ2n) is 7.99. The smallest absolute Gasteiger partial charge is 0.223 e. The van der Waals surface area contributed by atoms with Crippen molar-refractivity contribution < 1.29 is 13.6 Å². The van der Waals surface area contributed by atoms with Gasteiger partial charge in [0.2, 0.25) is 5.91 Å². The third-order valence-electron chi connectivity index (χ3n) is 5.83. The van der Waals surface area contributed by atoms with Gasteiger partial charge >= 0.3 is 0 Å². The molecule has 7 heteroatoms. The maximum atomic E-state index is 13.5. The Morgan fingerprint density at radius 2 is 1.61 bits per heavy atom. The Kier molecular flexibility index (Phi) is 7.38. The number of carbonyl (C=O) groups excluding carboxylic acids is 1. The fourth-order valence-electron chi connectivity index (χ4n) is 4.12. The van der Waals surface area contributed by atoms with Gasteiger partial charge in [-0.15, -0.1) is 0 Å². The summed E-state index contributed by atoms with van der Waals surface area (Å²) in [6.45, 7) is 0.122. The molecule has 1 aliphatic rings. The van der Waals surface area contributed by atoms with Crippen LogP contribution in [0.5, 0.6) is 0 Å². The van der Waals surface area contributed by atoms with Crippen LogP contribution >= 0.6 is 34.8 Å². The van der Waals surface area contributed by atoms with Gasteiger partial charge in [-0.25, -0.2) is 8.78 Å². The van der Waals surface area contributed by atoms with Crippen molar-refractivity contribution in [3.05, 3.63) is 104 Å². The molecule has 0 aliphatic heterocycles. The van der Waals surface area contributed by atoms with E-state index in [1.165, 1.54) is 6.07 Å². The lowest BCUT2D eigenvalue weighted by atomic mass is 9.78.